The zero-order valence-corrected chi connectivity index (χ0v) is 17.2. The lowest BCUT2D eigenvalue weighted by molar-refractivity contribution is 0.499. The van der Waals surface area contributed by atoms with E-state index in [4.69, 9.17) is 5.41 Å². The summed E-state index contributed by atoms with van der Waals surface area (Å²) in [5.41, 5.74) is 3.44. The van der Waals surface area contributed by atoms with Gasteiger partial charge in [0.25, 0.3) is 0 Å². The van der Waals surface area contributed by atoms with E-state index in [1.807, 2.05) is 0 Å². The molecule has 0 aliphatic rings. The van der Waals surface area contributed by atoms with Gasteiger partial charge in [-0.05, 0) is 44.6 Å². The molecule has 0 fully saturated rings. The summed E-state index contributed by atoms with van der Waals surface area (Å²) in [6, 6.07) is 0. The molecule has 1 unspecified atom stereocenters. The lowest BCUT2D eigenvalue weighted by Crippen LogP contribution is -2.04. The fourth-order valence-corrected chi connectivity index (χ4v) is 3.13. The molecular formula is C23H43N. The summed E-state index contributed by atoms with van der Waals surface area (Å²) in [7, 11) is 0. The molecular weight excluding hydrogens is 290 g/mol. The molecule has 1 heteroatoms. The first-order valence-electron chi connectivity index (χ1n) is 10.4. The van der Waals surface area contributed by atoms with Crippen molar-refractivity contribution in [1.29, 1.82) is 5.41 Å². The van der Waals surface area contributed by atoms with E-state index in [9.17, 15) is 0 Å². The monoisotopic (exact) mass is 333 g/mol. The van der Waals surface area contributed by atoms with Crippen molar-refractivity contribution in [3.63, 3.8) is 0 Å². The molecule has 0 saturated carbocycles. The minimum absolute atomic E-state index is 0.747. The minimum atomic E-state index is 0.747. The van der Waals surface area contributed by atoms with Crippen LogP contribution in [0.1, 0.15) is 112 Å². The molecule has 0 rings (SSSR count). The molecule has 0 aromatic rings. The van der Waals surface area contributed by atoms with Crippen LogP contribution in [0, 0.1) is 11.3 Å². The Balaban J connectivity index is 4.10. The van der Waals surface area contributed by atoms with E-state index in [0.29, 0.717) is 0 Å². The first kappa shape index (κ1) is 23.1. The van der Waals surface area contributed by atoms with Gasteiger partial charge in [0.15, 0.2) is 0 Å². The van der Waals surface area contributed by atoms with Gasteiger partial charge in [-0.25, -0.2) is 0 Å². The van der Waals surface area contributed by atoms with Crippen LogP contribution >= 0.6 is 0 Å². The van der Waals surface area contributed by atoms with E-state index in [2.05, 4.69) is 46.8 Å². The van der Waals surface area contributed by atoms with E-state index in [0.717, 1.165) is 30.9 Å². The van der Waals surface area contributed by atoms with Crippen LogP contribution in [-0.2, 0) is 0 Å². The van der Waals surface area contributed by atoms with Gasteiger partial charge in [0.2, 0.25) is 0 Å². The van der Waals surface area contributed by atoms with Gasteiger partial charge in [0.1, 0.15) is 0 Å². The quantitative estimate of drug-likeness (QED) is 0.177. The summed E-state index contributed by atoms with van der Waals surface area (Å²) in [5.74, 6) is 0.747. The predicted molar refractivity (Wildman–Crippen MR) is 111 cm³/mol. The zero-order chi connectivity index (χ0) is 18.2. The molecule has 0 heterocycles. The number of hydrogen-bond donors (Lipinski definition) is 1. The third kappa shape index (κ3) is 12.6. The zero-order valence-electron chi connectivity index (χ0n) is 17.2. The van der Waals surface area contributed by atoms with Gasteiger partial charge < -0.3 is 5.41 Å². The Labute approximate surface area is 152 Å². The van der Waals surface area contributed by atoms with Crippen LogP contribution < -0.4 is 0 Å². The van der Waals surface area contributed by atoms with Crippen molar-refractivity contribution >= 4 is 5.71 Å². The standard InChI is InChI=1S/C23H43N/c1-6-9-11-12-13-14-15-17-21(5)23(24)19-22(8-3)18-20(4)16-10-7-2/h8,17,20,24H,6-7,9-16,18-19H2,1-5H3/b21-17?,22-8+,24-23?. The molecule has 0 aliphatic heterocycles. The van der Waals surface area contributed by atoms with Crippen LogP contribution in [0.5, 0.6) is 0 Å². The fraction of sp³-hybridized carbons (Fsp3) is 0.783. The van der Waals surface area contributed by atoms with E-state index >= 15 is 0 Å². The van der Waals surface area contributed by atoms with Crippen molar-refractivity contribution in [3.05, 3.63) is 23.3 Å². The Morgan fingerprint density at radius 1 is 0.958 bits per heavy atom. The van der Waals surface area contributed by atoms with Crippen molar-refractivity contribution in [2.45, 2.75) is 112 Å². The third-order valence-electron chi connectivity index (χ3n) is 4.96. The maximum Gasteiger partial charge on any atom is 0.0380 e. The number of rotatable bonds is 15. The molecule has 0 saturated heterocycles. The van der Waals surface area contributed by atoms with Crippen LogP contribution in [0.2, 0.25) is 0 Å². The summed E-state index contributed by atoms with van der Waals surface area (Å²) in [5, 5.41) is 8.37. The van der Waals surface area contributed by atoms with Crippen molar-refractivity contribution in [2.24, 2.45) is 5.92 Å². The van der Waals surface area contributed by atoms with Gasteiger partial charge in [-0.15, -0.1) is 0 Å². The summed E-state index contributed by atoms with van der Waals surface area (Å²) in [6.45, 7) is 11.1. The van der Waals surface area contributed by atoms with Crippen molar-refractivity contribution in [1.82, 2.24) is 0 Å². The van der Waals surface area contributed by atoms with Gasteiger partial charge in [-0.1, -0.05) is 89.9 Å². The highest BCUT2D eigenvalue weighted by Gasteiger charge is 2.08. The van der Waals surface area contributed by atoms with Gasteiger partial charge >= 0.3 is 0 Å². The minimum Gasteiger partial charge on any atom is -0.305 e. The van der Waals surface area contributed by atoms with Gasteiger partial charge in [0, 0.05) is 12.1 Å². The molecule has 0 aromatic heterocycles. The number of allylic oxidation sites excluding steroid dienone is 4. The summed E-state index contributed by atoms with van der Waals surface area (Å²) in [4.78, 5) is 0. The summed E-state index contributed by atoms with van der Waals surface area (Å²) < 4.78 is 0. The van der Waals surface area contributed by atoms with E-state index in [1.54, 1.807) is 0 Å². The lowest BCUT2D eigenvalue weighted by Gasteiger charge is -2.14. The topological polar surface area (TPSA) is 23.9 Å². The maximum absolute atomic E-state index is 8.37. The third-order valence-corrected chi connectivity index (χ3v) is 4.96. The van der Waals surface area contributed by atoms with Gasteiger partial charge in [-0.2, -0.15) is 0 Å². The second kappa shape index (κ2) is 15.7. The Morgan fingerprint density at radius 2 is 1.58 bits per heavy atom. The Hall–Kier alpha value is -0.850. The SMILES string of the molecule is C/C=C(/CC(=N)C(C)=CCCCCCCCC)CC(C)CCCC. The number of hydrogen-bond acceptors (Lipinski definition) is 1. The molecule has 24 heavy (non-hydrogen) atoms. The number of nitrogens with one attached hydrogen (secondary N) is 1. The summed E-state index contributed by atoms with van der Waals surface area (Å²) >= 11 is 0. The largest absolute Gasteiger partial charge is 0.305 e. The van der Waals surface area contributed by atoms with Crippen molar-refractivity contribution in [3.8, 4) is 0 Å². The summed E-state index contributed by atoms with van der Waals surface area (Å²) in [6.07, 6.45) is 19.6. The molecule has 0 spiro atoms. The maximum atomic E-state index is 8.37. The average Bonchev–Trinajstić information content (AvgIpc) is 2.58. The van der Waals surface area contributed by atoms with Crippen molar-refractivity contribution < 1.29 is 0 Å². The Bertz CT molecular complexity index is 375. The van der Waals surface area contributed by atoms with Crippen LogP contribution in [-0.4, -0.2) is 5.71 Å². The van der Waals surface area contributed by atoms with Crippen LogP contribution in [0.4, 0.5) is 0 Å². The van der Waals surface area contributed by atoms with Crippen LogP contribution in [0.25, 0.3) is 0 Å². The lowest BCUT2D eigenvalue weighted by atomic mass is 9.91. The molecule has 1 N–H and O–H groups in total. The van der Waals surface area contributed by atoms with Crippen molar-refractivity contribution in [2.75, 3.05) is 0 Å². The van der Waals surface area contributed by atoms with E-state index < -0.39 is 0 Å². The molecule has 0 aliphatic carbocycles. The molecule has 0 amide bonds. The first-order chi connectivity index (χ1) is 11.5. The molecule has 0 radical (unpaired) electrons. The Kier molecular flexibility index (Phi) is 15.1. The number of unbranched alkanes of at least 4 members (excludes halogenated alkanes) is 7. The molecule has 1 nitrogen and oxygen atoms in total. The second-order valence-electron chi connectivity index (χ2n) is 7.50. The second-order valence-corrected chi connectivity index (χ2v) is 7.50. The highest BCUT2D eigenvalue weighted by molar-refractivity contribution is 5.98. The van der Waals surface area contributed by atoms with E-state index in [-0.39, 0.29) is 0 Å². The van der Waals surface area contributed by atoms with E-state index in [1.165, 1.54) is 68.9 Å². The molecule has 0 aromatic carbocycles. The highest BCUT2D eigenvalue weighted by atomic mass is 14.4. The Morgan fingerprint density at radius 3 is 2.21 bits per heavy atom. The van der Waals surface area contributed by atoms with Gasteiger partial charge in [-0.3, -0.25) is 0 Å². The molecule has 1 atom stereocenters. The normalized spacial score (nSPS) is 14.0. The van der Waals surface area contributed by atoms with Crippen LogP contribution in [0.15, 0.2) is 23.3 Å². The molecule has 140 valence electrons. The first-order valence-corrected chi connectivity index (χ1v) is 10.4. The van der Waals surface area contributed by atoms with Gasteiger partial charge in [0.05, 0.1) is 0 Å². The average molecular weight is 334 g/mol. The molecule has 0 bridgehead atoms. The highest BCUT2D eigenvalue weighted by Crippen LogP contribution is 2.21. The van der Waals surface area contributed by atoms with Crippen LogP contribution in [0.3, 0.4) is 0 Å². The predicted octanol–water partition coefficient (Wildman–Crippen LogP) is 8.26. The fourth-order valence-electron chi connectivity index (χ4n) is 3.13. The smallest absolute Gasteiger partial charge is 0.0380 e.